The molecule has 33 heavy (non-hydrogen) atoms. The van der Waals surface area contributed by atoms with Gasteiger partial charge in [0.05, 0.1) is 12.7 Å². The maximum absolute atomic E-state index is 11.0. The van der Waals surface area contributed by atoms with Crippen LogP contribution in [0.1, 0.15) is 31.7 Å². The molecule has 0 saturated carbocycles. The van der Waals surface area contributed by atoms with Gasteiger partial charge in [-0.1, -0.05) is 19.1 Å². The first-order valence-corrected chi connectivity index (χ1v) is 12.2. The SMILES string of the molecule is COc1cc(CNCC2(O)CCN(c3ccccn3)C2)ccc1OCCN1CCC(C)CC1. The Morgan fingerprint density at radius 2 is 2.00 bits per heavy atom. The summed E-state index contributed by atoms with van der Waals surface area (Å²) in [5.74, 6) is 3.30. The summed E-state index contributed by atoms with van der Waals surface area (Å²) in [4.78, 5) is 9.02. The highest BCUT2D eigenvalue weighted by Gasteiger charge is 2.36. The molecule has 7 nitrogen and oxygen atoms in total. The Labute approximate surface area is 197 Å². The number of β-amino-alcohol motifs (C(OH)–C–C–N with tert-alkyl or cyclic N) is 1. The molecule has 1 atom stereocenters. The minimum Gasteiger partial charge on any atom is -0.493 e. The molecule has 3 heterocycles. The number of aliphatic hydroxyl groups is 1. The van der Waals surface area contributed by atoms with Gasteiger partial charge in [-0.05, 0) is 68.1 Å². The van der Waals surface area contributed by atoms with Crippen molar-refractivity contribution in [1.29, 1.82) is 0 Å². The van der Waals surface area contributed by atoms with Crippen molar-refractivity contribution >= 4 is 5.82 Å². The Bertz CT molecular complexity index is 873. The van der Waals surface area contributed by atoms with Crippen molar-refractivity contribution in [2.75, 3.05) is 57.9 Å². The lowest BCUT2D eigenvalue weighted by atomic mass is 9.99. The summed E-state index contributed by atoms with van der Waals surface area (Å²) in [5.41, 5.74) is 0.351. The van der Waals surface area contributed by atoms with Crippen LogP contribution in [-0.2, 0) is 6.54 Å². The fourth-order valence-corrected chi connectivity index (χ4v) is 4.69. The number of piperidine rings is 1. The van der Waals surface area contributed by atoms with Gasteiger partial charge in [0.1, 0.15) is 12.4 Å². The monoisotopic (exact) mass is 454 g/mol. The molecule has 7 heteroatoms. The number of hydrogen-bond donors (Lipinski definition) is 2. The van der Waals surface area contributed by atoms with Crippen LogP contribution in [0.25, 0.3) is 0 Å². The van der Waals surface area contributed by atoms with Gasteiger partial charge < -0.3 is 24.8 Å². The predicted molar refractivity (Wildman–Crippen MR) is 131 cm³/mol. The van der Waals surface area contributed by atoms with Crippen LogP contribution in [0.4, 0.5) is 5.82 Å². The predicted octanol–water partition coefficient (Wildman–Crippen LogP) is 2.93. The molecule has 2 aliphatic rings. The third-order valence-corrected chi connectivity index (χ3v) is 6.86. The Hall–Kier alpha value is -2.35. The van der Waals surface area contributed by atoms with Crippen molar-refractivity contribution < 1.29 is 14.6 Å². The summed E-state index contributed by atoms with van der Waals surface area (Å²) in [6.45, 7) is 8.88. The highest BCUT2D eigenvalue weighted by Crippen LogP contribution is 2.29. The molecular weight excluding hydrogens is 416 g/mol. The number of rotatable bonds is 10. The van der Waals surface area contributed by atoms with E-state index in [0.29, 0.717) is 26.2 Å². The number of aromatic nitrogens is 1. The van der Waals surface area contributed by atoms with Crippen molar-refractivity contribution in [3.8, 4) is 11.5 Å². The highest BCUT2D eigenvalue weighted by molar-refractivity contribution is 5.43. The Morgan fingerprint density at radius 1 is 1.15 bits per heavy atom. The van der Waals surface area contributed by atoms with Gasteiger partial charge in [0, 0.05) is 38.9 Å². The van der Waals surface area contributed by atoms with Crippen molar-refractivity contribution in [3.05, 3.63) is 48.2 Å². The van der Waals surface area contributed by atoms with Crippen molar-refractivity contribution in [2.24, 2.45) is 5.92 Å². The normalized spacial score (nSPS) is 22.0. The standard InChI is InChI=1S/C26H38N4O3/c1-21-8-12-29(13-9-21)15-16-33-23-7-6-22(17-24(23)32-2)18-27-19-26(31)10-14-30(20-26)25-5-3-4-11-28-25/h3-7,11,17,21,27,31H,8-10,12-16,18-20H2,1-2H3. The van der Waals surface area contributed by atoms with E-state index in [1.165, 1.54) is 12.8 Å². The number of benzene rings is 1. The van der Waals surface area contributed by atoms with E-state index in [1.807, 2.05) is 30.3 Å². The molecule has 0 spiro atoms. The first-order valence-electron chi connectivity index (χ1n) is 12.2. The molecule has 0 radical (unpaired) electrons. The van der Waals surface area contributed by atoms with E-state index in [9.17, 15) is 5.11 Å². The van der Waals surface area contributed by atoms with Crippen LogP contribution in [0, 0.1) is 5.92 Å². The van der Waals surface area contributed by atoms with E-state index >= 15 is 0 Å². The minimum absolute atomic E-state index is 0.533. The Kier molecular flexibility index (Phi) is 8.06. The second-order valence-corrected chi connectivity index (χ2v) is 9.55. The number of hydrogen-bond acceptors (Lipinski definition) is 7. The average molecular weight is 455 g/mol. The van der Waals surface area contributed by atoms with E-state index in [0.717, 1.165) is 61.4 Å². The van der Waals surface area contributed by atoms with Gasteiger partial charge in [-0.25, -0.2) is 4.98 Å². The Balaban J connectivity index is 1.22. The molecule has 2 aromatic rings. The second-order valence-electron chi connectivity index (χ2n) is 9.55. The van der Waals surface area contributed by atoms with Crippen LogP contribution in [0.3, 0.4) is 0 Å². The summed E-state index contributed by atoms with van der Waals surface area (Å²) in [7, 11) is 1.68. The minimum atomic E-state index is -0.753. The van der Waals surface area contributed by atoms with Crippen molar-refractivity contribution in [3.63, 3.8) is 0 Å². The van der Waals surface area contributed by atoms with E-state index in [2.05, 4.69) is 33.1 Å². The molecule has 2 N–H and O–H groups in total. The Morgan fingerprint density at radius 3 is 2.76 bits per heavy atom. The van der Waals surface area contributed by atoms with Crippen LogP contribution in [0.2, 0.25) is 0 Å². The van der Waals surface area contributed by atoms with Crippen LogP contribution in [0.15, 0.2) is 42.6 Å². The summed E-state index contributed by atoms with van der Waals surface area (Å²) in [6.07, 6.45) is 5.07. The van der Waals surface area contributed by atoms with Gasteiger partial charge in [0.2, 0.25) is 0 Å². The lowest BCUT2D eigenvalue weighted by Crippen LogP contribution is -2.43. The molecular formula is C26H38N4O3. The summed E-state index contributed by atoms with van der Waals surface area (Å²) in [5, 5.41) is 14.4. The third kappa shape index (κ3) is 6.59. The second kappa shape index (κ2) is 11.2. The molecule has 1 aromatic heterocycles. The number of pyridine rings is 1. The molecule has 0 bridgehead atoms. The first kappa shape index (κ1) is 23.8. The maximum atomic E-state index is 11.0. The molecule has 4 rings (SSSR count). The van der Waals surface area contributed by atoms with Gasteiger partial charge in [0.15, 0.2) is 11.5 Å². The zero-order valence-corrected chi connectivity index (χ0v) is 20.0. The zero-order chi connectivity index (χ0) is 23.1. The molecule has 180 valence electrons. The third-order valence-electron chi connectivity index (χ3n) is 6.86. The van der Waals surface area contributed by atoms with Crippen LogP contribution < -0.4 is 19.7 Å². The molecule has 2 fully saturated rings. The smallest absolute Gasteiger partial charge is 0.161 e. The van der Waals surface area contributed by atoms with Gasteiger partial charge in [0.25, 0.3) is 0 Å². The topological polar surface area (TPSA) is 70.1 Å². The zero-order valence-electron chi connectivity index (χ0n) is 20.0. The fourth-order valence-electron chi connectivity index (χ4n) is 4.69. The van der Waals surface area contributed by atoms with Gasteiger partial charge in [-0.2, -0.15) is 0 Å². The molecule has 0 amide bonds. The number of methoxy groups -OCH3 is 1. The van der Waals surface area contributed by atoms with Crippen molar-refractivity contribution in [2.45, 2.75) is 38.3 Å². The van der Waals surface area contributed by atoms with Gasteiger partial charge in [-0.15, -0.1) is 0 Å². The van der Waals surface area contributed by atoms with E-state index in [-0.39, 0.29) is 0 Å². The lowest BCUT2D eigenvalue weighted by Gasteiger charge is -2.30. The van der Waals surface area contributed by atoms with Crippen molar-refractivity contribution in [1.82, 2.24) is 15.2 Å². The molecule has 1 unspecified atom stereocenters. The van der Waals surface area contributed by atoms with Gasteiger partial charge >= 0.3 is 0 Å². The quantitative estimate of drug-likeness (QED) is 0.572. The molecule has 2 saturated heterocycles. The largest absolute Gasteiger partial charge is 0.493 e. The first-order chi connectivity index (χ1) is 16.0. The molecule has 1 aromatic carbocycles. The molecule has 0 aliphatic carbocycles. The van der Waals surface area contributed by atoms with Gasteiger partial charge in [-0.3, -0.25) is 4.90 Å². The number of anilines is 1. The van der Waals surface area contributed by atoms with E-state index in [4.69, 9.17) is 9.47 Å². The van der Waals surface area contributed by atoms with Crippen LogP contribution in [0.5, 0.6) is 11.5 Å². The summed E-state index contributed by atoms with van der Waals surface area (Å²) < 4.78 is 11.6. The average Bonchev–Trinajstić information content (AvgIpc) is 3.23. The lowest BCUT2D eigenvalue weighted by molar-refractivity contribution is 0.0626. The van der Waals surface area contributed by atoms with Crippen LogP contribution in [-0.4, -0.2) is 73.6 Å². The summed E-state index contributed by atoms with van der Waals surface area (Å²) >= 11 is 0. The number of likely N-dealkylation sites (tertiary alicyclic amines) is 1. The number of nitrogens with zero attached hydrogens (tertiary/aromatic N) is 3. The van der Waals surface area contributed by atoms with E-state index in [1.54, 1.807) is 13.3 Å². The molecule has 2 aliphatic heterocycles. The summed E-state index contributed by atoms with van der Waals surface area (Å²) in [6, 6.07) is 11.9. The van der Waals surface area contributed by atoms with E-state index < -0.39 is 5.60 Å². The fraction of sp³-hybridized carbons (Fsp3) is 0.577. The van der Waals surface area contributed by atoms with Crippen LogP contribution >= 0.6 is 0 Å². The highest BCUT2D eigenvalue weighted by atomic mass is 16.5. The maximum Gasteiger partial charge on any atom is 0.161 e. The number of nitrogens with one attached hydrogen (secondary N) is 1. The number of ether oxygens (including phenoxy) is 2.